The Bertz CT molecular complexity index is 948. The van der Waals surface area contributed by atoms with Crippen molar-refractivity contribution in [3.63, 3.8) is 0 Å². The normalized spacial score (nSPS) is 17.9. The first-order valence-corrected chi connectivity index (χ1v) is 12.7. The maximum Gasteiger partial charge on any atom is 0.255 e. The van der Waals surface area contributed by atoms with Crippen molar-refractivity contribution in [1.82, 2.24) is 10.2 Å². The van der Waals surface area contributed by atoms with Crippen molar-refractivity contribution >= 4 is 17.5 Å². The fourth-order valence-electron chi connectivity index (χ4n) is 5.06. The first-order valence-electron chi connectivity index (χ1n) is 12.7. The number of anilines is 1. The van der Waals surface area contributed by atoms with Gasteiger partial charge in [-0.05, 0) is 74.2 Å². The number of piperidine rings is 1. The summed E-state index contributed by atoms with van der Waals surface area (Å²) < 4.78 is 12.5. The van der Waals surface area contributed by atoms with Gasteiger partial charge in [0.25, 0.3) is 5.91 Å². The summed E-state index contributed by atoms with van der Waals surface area (Å²) >= 11 is 0. The van der Waals surface area contributed by atoms with Crippen molar-refractivity contribution in [2.24, 2.45) is 5.92 Å². The molecule has 2 N–H and O–H groups in total. The minimum Gasteiger partial charge on any atom is -0.353 e. The fraction of sp³-hybridized carbons (Fsp3) is 0.500. The zero-order chi connectivity index (χ0) is 23.8. The number of nitrogens with zero attached hydrogens (tertiary/aromatic N) is 1. The maximum absolute atomic E-state index is 12.7. The summed E-state index contributed by atoms with van der Waals surface area (Å²) in [6, 6.07) is 15.4. The highest BCUT2D eigenvalue weighted by molar-refractivity contribution is 6.04. The summed E-state index contributed by atoms with van der Waals surface area (Å²) in [5.74, 6) is 0.197. The largest absolute Gasteiger partial charge is 0.353 e. The summed E-state index contributed by atoms with van der Waals surface area (Å²) in [7, 11) is 0. The zero-order valence-electron chi connectivity index (χ0n) is 19.9. The molecule has 1 heterocycles. The summed E-state index contributed by atoms with van der Waals surface area (Å²) in [6.07, 6.45) is 8.17. The number of halogens is 1. The number of carbonyl (C=O) groups excluding carboxylic acids is 2. The van der Waals surface area contributed by atoms with Gasteiger partial charge in [0, 0.05) is 36.2 Å². The van der Waals surface area contributed by atoms with Crippen LogP contribution in [0, 0.1) is 5.92 Å². The second-order valence-corrected chi connectivity index (χ2v) is 9.68. The van der Waals surface area contributed by atoms with Gasteiger partial charge in [-0.2, -0.15) is 0 Å². The molecule has 6 heteroatoms. The quantitative estimate of drug-likeness (QED) is 0.569. The van der Waals surface area contributed by atoms with Crippen LogP contribution in [0.2, 0.25) is 0 Å². The van der Waals surface area contributed by atoms with E-state index in [1.54, 1.807) is 24.3 Å². The average Bonchev–Trinajstić information content (AvgIpc) is 2.86. The number of carbonyl (C=O) groups is 2. The van der Waals surface area contributed by atoms with E-state index in [0.29, 0.717) is 18.0 Å². The van der Waals surface area contributed by atoms with E-state index in [1.807, 2.05) is 18.2 Å². The molecule has 0 unspecified atom stereocenters. The van der Waals surface area contributed by atoms with Gasteiger partial charge < -0.3 is 10.6 Å². The predicted molar refractivity (Wildman–Crippen MR) is 134 cm³/mol. The zero-order valence-corrected chi connectivity index (χ0v) is 19.9. The molecule has 0 atom stereocenters. The summed E-state index contributed by atoms with van der Waals surface area (Å²) in [4.78, 5) is 27.6. The lowest BCUT2D eigenvalue weighted by atomic mass is 9.92. The van der Waals surface area contributed by atoms with E-state index in [1.165, 1.54) is 19.3 Å². The van der Waals surface area contributed by atoms with Crippen LogP contribution in [-0.2, 0) is 17.8 Å². The number of likely N-dealkylation sites (tertiary alicyclic amines) is 1. The number of benzene rings is 2. The number of hydrogen-bond donors (Lipinski definition) is 2. The van der Waals surface area contributed by atoms with Crippen LogP contribution in [0.4, 0.5) is 10.1 Å². The van der Waals surface area contributed by atoms with Crippen LogP contribution in [0.3, 0.4) is 0 Å². The van der Waals surface area contributed by atoms with Gasteiger partial charge in [0.05, 0.1) is 6.67 Å². The van der Waals surface area contributed by atoms with Crippen LogP contribution in [0.15, 0.2) is 48.5 Å². The molecule has 0 radical (unpaired) electrons. The number of hydrogen-bond acceptors (Lipinski definition) is 3. The minimum absolute atomic E-state index is 0.125. The highest BCUT2D eigenvalue weighted by Crippen LogP contribution is 2.23. The number of alkyl halides is 1. The van der Waals surface area contributed by atoms with E-state index >= 15 is 0 Å². The third-order valence-corrected chi connectivity index (χ3v) is 7.10. The maximum atomic E-state index is 12.7. The molecule has 4 rings (SSSR count). The number of amides is 2. The molecule has 1 aliphatic heterocycles. The van der Waals surface area contributed by atoms with E-state index in [4.69, 9.17) is 0 Å². The lowest BCUT2D eigenvalue weighted by Crippen LogP contribution is -2.44. The Balaban J connectivity index is 1.25. The van der Waals surface area contributed by atoms with Crippen LogP contribution in [-0.4, -0.2) is 42.5 Å². The molecule has 2 aromatic rings. The second kappa shape index (κ2) is 12.1. The van der Waals surface area contributed by atoms with Crippen molar-refractivity contribution in [2.45, 2.75) is 64.0 Å². The molecule has 2 aliphatic rings. The predicted octanol–water partition coefficient (Wildman–Crippen LogP) is 5.11. The molecule has 2 aromatic carbocycles. The van der Waals surface area contributed by atoms with Gasteiger partial charge in [-0.25, -0.2) is 0 Å². The van der Waals surface area contributed by atoms with E-state index < -0.39 is 6.67 Å². The number of nitrogens with one attached hydrogen (secondary N) is 2. The molecule has 0 aromatic heterocycles. The first-order chi connectivity index (χ1) is 16.6. The smallest absolute Gasteiger partial charge is 0.255 e. The molecule has 1 aliphatic carbocycles. The Hall–Kier alpha value is -2.73. The molecule has 1 saturated carbocycles. The van der Waals surface area contributed by atoms with E-state index in [0.717, 1.165) is 62.1 Å². The molecule has 2 fully saturated rings. The van der Waals surface area contributed by atoms with Crippen LogP contribution in [0.1, 0.15) is 66.4 Å². The van der Waals surface area contributed by atoms with Crippen molar-refractivity contribution < 1.29 is 14.0 Å². The van der Waals surface area contributed by atoms with Gasteiger partial charge in [0.2, 0.25) is 5.91 Å². The lowest BCUT2D eigenvalue weighted by molar-refractivity contribution is -0.127. The minimum atomic E-state index is -0.399. The fourth-order valence-corrected chi connectivity index (χ4v) is 5.06. The van der Waals surface area contributed by atoms with Crippen molar-refractivity contribution in [3.05, 3.63) is 65.2 Å². The monoisotopic (exact) mass is 465 g/mol. The molecular weight excluding hydrogens is 429 g/mol. The van der Waals surface area contributed by atoms with Gasteiger partial charge >= 0.3 is 0 Å². The number of rotatable bonds is 8. The molecule has 0 spiro atoms. The Morgan fingerprint density at radius 2 is 1.65 bits per heavy atom. The van der Waals surface area contributed by atoms with E-state index in [2.05, 4.69) is 21.6 Å². The summed E-state index contributed by atoms with van der Waals surface area (Å²) in [5.41, 5.74) is 3.34. The first kappa shape index (κ1) is 24.4. The lowest BCUT2D eigenvalue weighted by Gasteiger charge is -2.32. The Morgan fingerprint density at radius 3 is 2.35 bits per heavy atom. The van der Waals surface area contributed by atoms with Crippen LogP contribution < -0.4 is 10.6 Å². The average molecular weight is 466 g/mol. The Labute approximate surface area is 202 Å². The van der Waals surface area contributed by atoms with E-state index in [-0.39, 0.29) is 17.7 Å². The molecule has 5 nitrogen and oxygen atoms in total. The molecule has 2 amide bonds. The molecule has 34 heavy (non-hydrogen) atoms. The molecule has 182 valence electrons. The van der Waals surface area contributed by atoms with Gasteiger partial charge in [-0.3, -0.25) is 18.9 Å². The topological polar surface area (TPSA) is 61.4 Å². The van der Waals surface area contributed by atoms with Gasteiger partial charge in [0.15, 0.2) is 0 Å². The highest BCUT2D eigenvalue weighted by Gasteiger charge is 2.27. The highest BCUT2D eigenvalue weighted by atomic mass is 19.1. The van der Waals surface area contributed by atoms with Gasteiger partial charge in [-0.1, -0.05) is 43.5 Å². The second-order valence-electron chi connectivity index (χ2n) is 9.68. The Morgan fingerprint density at radius 1 is 0.912 bits per heavy atom. The van der Waals surface area contributed by atoms with Gasteiger partial charge in [0.1, 0.15) is 0 Å². The van der Waals surface area contributed by atoms with E-state index in [9.17, 15) is 14.0 Å². The standard InChI is InChI=1S/C28H36FN3O2/c29-16-13-21-9-11-23(12-10-21)27(33)31-26-8-4-5-22(19-26)20-32-17-14-24(15-18-32)28(34)30-25-6-2-1-3-7-25/h4-5,8-12,19,24-25H,1-3,6-7,13-18,20H2,(H,30,34)(H,31,33). The van der Waals surface area contributed by atoms with Crippen LogP contribution in [0.25, 0.3) is 0 Å². The number of aryl methyl sites for hydroxylation is 1. The van der Waals surface area contributed by atoms with Gasteiger partial charge in [-0.15, -0.1) is 0 Å². The SMILES string of the molecule is O=C(Nc1cccc(CN2CCC(C(=O)NC3CCCCC3)CC2)c1)c1ccc(CCF)cc1. The van der Waals surface area contributed by atoms with Crippen molar-refractivity contribution in [2.75, 3.05) is 25.1 Å². The summed E-state index contributed by atoms with van der Waals surface area (Å²) in [5, 5.41) is 6.25. The molecular formula is C28H36FN3O2. The van der Waals surface area contributed by atoms with Crippen molar-refractivity contribution in [1.29, 1.82) is 0 Å². The molecule has 1 saturated heterocycles. The summed E-state index contributed by atoms with van der Waals surface area (Å²) in [6.45, 7) is 2.22. The third kappa shape index (κ3) is 6.89. The molecule has 0 bridgehead atoms. The third-order valence-electron chi connectivity index (χ3n) is 7.10. The Kier molecular flexibility index (Phi) is 8.69. The van der Waals surface area contributed by atoms with Crippen molar-refractivity contribution in [3.8, 4) is 0 Å². The van der Waals surface area contributed by atoms with Crippen LogP contribution in [0.5, 0.6) is 0 Å². The van der Waals surface area contributed by atoms with Crippen LogP contribution >= 0.6 is 0 Å².